The number of carboxylic acids is 1. The van der Waals surface area contributed by atoms with Crippen LogP contribution in [-0.2, 0) is 9.53 Å². The minimum absolute atomic E-state index is 0.0645. The fourth-order valence-electron chi connectivity index (χ4n) is 1.20. The third kappa shape index (κ3) is 3.80. The fourth-order valence-corrected chi connectivity index (χ4v) is 1.37. The van der Waals surface area contributed by atoms with Crippen molar-refractivity contribution in [3.8, 4) is 11.5 Å². The molecule has 0 aliphatic heterocycles. The topological polar surface area (TPSA) is 65.0 Å². The molecule has 0 spiro atoms. The number of hydrogen-bond donors (Lipinski definition) is 1. The maximum absolute atomic E-state index is 10.9. The molecule has 0 aromatic heterocycles. The van der Waals surface area contributed by atoms with Crippen molar-refractivity contribution in [1.29, 1.82) is 0 Å². The first kappa shape index (κ1) is 13.6. The molecule has 94 valence electrons. The number of halogens is 1. The Kier molecular flexibility index (Phi) is 5.06. The molecule has 0 saturated carbocycles. The molecule has 1 N–H and O–H groups in total. The van der Waals surface area contributed by atoms with Gasteiger partial charge in [-0.15, -0.1) is 0 Å². The smallest absolute Gasteiger partial charge is 0.347 e. The van der Waals surface area contributed by atoms with Gasteiger partial charge in [0.1, 0.15) is 0 Å². The van der Waals surface area contributed by atoms with Crippen LogP contribution in [0.3, 0.4) is 0 Å². The van der Waals surface area contributed by atoms with Gasteiger partial charge in [0.05, 0.1) is 13.7 Å². The minimum Gasteiger partial charge on any atom is -0.493 e. The van der Waals surface area contributed by atoms with Crippen LogP contribution in [0.25, 0.3) is 0 Å². The summed E-state index contributed by atoms with van der Waals surface area (Å²) in [6.45, 7) is -0.0645. The average molecular weight is 261 g/mol. The van der Waals surface area contributed by atoms with Crippen LogP contribution < -0.4 is 9.47 Å². The molecule has 6 heteroatoms. The number of carboxylic acid groups (broad SMARTS) is 1. The average Bonchev–Trinajstić information content (AvgIpc) is 2.28. The molecule has 0 radical (unpaired) electrons. The Morgan fingerprint density at radius 1 is 1.41 bits per heavy atom. The van der Waals surface area contributed by atoms with E-state index in [0.717, 1.165) is 0 Å². The molecule has 1 rings (SSSR count). The number of rotatable bonds is 6. The standard InChI is InChI=1S/C11H13ClO5/c1-15-6-10(11(13)14)17-9-5-7(12)3-4-8(9)16-2/h3-5,10H,6H2,1-2H3,(H,13,14). The Balaban J connectivity index is 2.91. The van der Waals surface area contributed by atoms with Crippen molar-refractivity contribution in [1.82, 2.24) is 0 Å². The Labute approximate surface area is 104 Å². The summed E-state index contributed by atoms with van der Waals surface area (Å²) in [5.41, 5.74) is 0. The SMILES string of the molecule is COCC(Oc1cc(Cl)ccc1OC)C(=O)O. The van der Waals surface area contributed by atoms with Crippen molar-refractivity contribution >= 4 is 17.6 Å². The van der Waals surface area contributed by atoms with E-state index in [0.29, 0.717) is 10.8 Å². The van der Waals surface area contributed by atoms with Gasteiger partial charge < -0.3 is 19.3 Å². The largest absolute Gasteiger partial charge is 0.493 e. The number of aliphatic carboxylic acids is 1. The van der Waals surface area contributed by atoms with Gasteiger partial charge in [-0.2, -0.15) is 0 Å². The zero-order valence-corrected chi connectivity index (χ0v) is 10.2. The lowest BCUT2D eigenvalue weighted by Crippen LogP contribution is -2.31. The highest BCUT2D eigenvalue weighted by Gasteiger charge is 2.21. The lowest BCUT2D eigenvalue weighted by molar-refractivity contribution is -0.147. The van der Waals surface area contributed by atoms with Crippen LogP contribution in [0.2, 0.25) is 5.02 Å². The molecule has 1 atom stereocenters. The molecule has 0 saturated heterocycles. The predicted octanol–water partition coefficient (Wildman–Crippen LogP) is 1.83. The first-order valence-corrected chi connectivity index (χ1v) is 5.18. The molecule has 0 amide bonds. The van der Waals surface area contributed by atoms with E-state index in [9.17, 15) is 4.79 Å². The number of methoxy groups -OCH3 is 2. The third-order valence-electron chi connectivity index (χ3n) is 1.99. The molecule has 0 bridgehead atoms. The van der Waals surface area contributed by atoms with E-state index in [4.69, 9.17) is 30.9 Å². The van der Waals surface area contributed by atoms with Crippen LogP contribution >= 0.6 is 11.6 Å². The molecule has 0 aliphatic carbocycles. The summed E-state index contributed by atoms with van der Waals surface area (Å²) in [6, 6.07) is 4.72. The fraction of sp³-hybridized carbons (Fsp3) is 0.364. The Morgan fingerprint density at radius 3 is 2.65 bits per heavy atom. The van der Waals surface area contributed by atoms with Crippen LogP contribution in [0, 0.1) is 0 Å². The second-order valence-electron chi connectivity index (χ2n) is 3.20. The molecular weight excluding hydrogens is 248 g/mol. The van der Waals surface area contributed by atoms with Gasteiger partial charge in [0.15, 0.2) is 11.5 Å². The summed E-state index contributed by atoms with van der Waals surface area (Å²) < 4.78 is 15.1. The van der Waals surface area contributed by atoms with E-state index in [1.807, 2.05) is 0 Å². The monoisotopic (exact) mass is 260 g/mol. The predicted molar refractivity (Wildman–Crippen MR) is 61.9 cm³/mol. The Hall–Kier alpha value is -1.46. The highest BCUT2D eigenvalue weighted by atomic mass is 35.5. The maximum Gasteiger partial charge on any atom is 0.347 e. The van der Waals surface area contributed by atoms with E-state index in [-0.39, 0.29) is 12.4 Å². The zero-order chi connectivity index (χ0) is 12.8. The zero-order valence-electron chi connectivity index (χ0n) is 9.47. The molecule has 5 nitrogen and oxygen atoms in total. The van der Waals surface area contributed by atoms with Crippen molar-refractivity contribution in [3.05, 3.63) is 23.2 Å². The van der Waals surface area contributed by atoms with Crippen LogP contribution in [0.4, 0.5) is 0 Å². The minimum atomic E-state index is -1.12. The molecule has 1 aromatic carbocycles. The van der Waals surface area contributed by atoms with Gasteiger partial charge in [0.25, 0.3) is 0 Å². The summed E-state index contributed by atoms with van der Waals surface area (Å²) in [6.07, 6.45) is -1.10. The lowest BCUT2D eigenvalue weighted by Gasteiger charge is -2.16. The Morgan fingerprint density at radius 2 is 2.12 bits per heavy atom. The van der Waals surface area contributed by atoms with E-state index in [1.54, 1.807) is 12.1 Å². The molecule has 0 aliphatic rings. The molecule has 17 heavy (non-hydrogen) atoms. The summed E-state index contributed by atoms with van der Waals surface area (Å²) in [7, 11) is 2.86. The van der Waals surface area contributed by atoms with E-state index in [2.05, 4.69) is 0 Å². The van der Waals surface area contributed by atoms with Crippen LogP contribution in [0.15, 0.2) is 18.2 Å². The molecule has 1 unspecified atom stereocenters. The molecule has 1 aromatic rings. The van der Waals surface area contributed by atoms with Gasteiger partial charge in [-0.1, -0.05) is 11.6 Å². The number of carbonyl (C=O) groups is 1. The van der Waals surface area contributed by atoms with Gasteiger partial charge in [0, 0.05) is 18.2 Å². The normalized spacial score (nSPS) is 11.9. The van der Waals surface area contributed by atoms with Gasteiger partial charge in [-0.25, -0.2) is 4.79 Å². The lowest BCUT2D eigenvalue weighted by atomic mass is 10.3. The highest BCUT2D eigenvalue weighted by molar-refractivity contribution is 6.30. The van der Waals surface area contributed by atoms with Gasteiger partial charge in [-0.05, 0) is 12.1 Å². The van der Waals surface area contributed by atoms with Crippen LogP contribution in [0.5, 0.6) is 11.5 Å². The molecular formula is C11H13ClO5. The Bertz CT molecular complexity index is 393. The number of benzene rings is 1. The van der Waals surface area contributed by atoms with E-state index >= 15 is 0 Å². The van der Waals surface area contributed by atoms with Crippen molar-refractivity contribution in [3.63, 3.8) is 0 Å². The first-order chi connectivity index (χ1) is 8.08. The van der Waals surface area contributed by atoms with Gasteiger partial charge in [-0.3, -0.25) is 0 Å². The summed E-state index contributed by atoms with van der Waals surface area (Å²) in [4.78, 5) is 10.9. The molecule has 0 heterocycles. The van der Waals surface area contributed by atoms with Gasteiger partial charge in [0.2, 0.25) is 6.10 Å². The quantitative estimate of drug-likeness (QED) is 0.845. The highest BCUT2D eigenvalue weighted by Crippen LogP contribution is 2.30. The summed E-state index contributed by atoms with van der Waals surface area (Å²) >= 11 is 5.80. The van der Waals surface area contributed by atoms with E-state index < -0.39 is 12.1 Å². The van der Waals surface area contributed by atoms with Crippen molar-refractivity contribution in [2.24, 2.45) is 0 Å². The van der Waals surface area contributed by atoms with Gasteiger partial charge >= 0.3 is 5.97 Å². The second-order valence-corrected chi connectivity index (χ2v) is 3.63. The third-order valence-corrected chi connectivity index (χ3v) is 2.22. The maximum atomic E-state index is 10.9. The van der Waals surface area contributed by atoms with Crippen molar-refractivity contribution in [2.75, 3.05) is 20.8 Å². The van der Waals surface area contributed by atoms with E-state index in [1.165, 1.54) is 20.3 Å². The van der Waals surface area contributed by atoms with Crippen molar-refractivity contribution < 1.29 is 24.1 Å². The first-order valence-electron chi connectivity index (χ1n) is 4.80. The van der Waals surface area contributed by atoms with Crippen molar-refractivity contribution in [2.45, 2.75) is 6.10 Å². The van der Waals surface area contributed by atoms with Crippen LogP contribution in [-0.4, -0.2) is 38.0 Å². The summed E-state index contributed by atoms with van der Waals surface area (Å²) in [5, 5.41) is 9.35. The number of hydrogen-bond acceptors (Lipinski definition) is 4. The van der Waals surface area contributed by atoms with Crippen LogP contribution in [0.1, 0.15) is 0 Å². The number of ether oxygens (including phenoxy) is 3. The summed E-state index contributed by atoms with van der Waals surface area (Å²) in [5.74, 6) is -0.435. The second kappa shape index (κ2) is 6.32. The molecule has 0 fully saturated rings.